The van der Waals surface area contributed by atoms with Gasteiger partial charge in [-0.15, -0.1) is 0 Å². The van der Waals surface area contributed by atoms with Crippen LogP contribution in [0.25, 0.3) is 0 Å². The molecule has 6 heteroatoms. The monoisotopic (exact) mass is 313 g/mol. The highest BCUT2D eigenvalue weighted by molar-refractivity contribution is 9.10. The Morgan fingerprint density at radius 2 is 2.11 bits per heavy atom. The van der Waals surface area contributed by atoms with E-state index in [4.69, 9.17) is 9.84 Å². The van der Waals surface area contributed by atoms with Crippen molar-refractivity contribution in [3.63, 3.8) is 0 Å². The van der Waals surface area contributed by atoms with Gasteiger partial charge in [0.1, 0.15) is 0 Å². The number of carbonyl (C=O) groups is 2. The summed E-state index contributed by atoms with van der Waals surface area (Å²) in [6.45, 7) is 0.683. The molecule has 2 rings (SSSR count). The van der Waals surface area contributed by atoms with Crippen LogP contribution in [0.4, 0.5) is 0 Å². The highest BCUT2D eigenvalue weighted by Gasteiger charge is 2.33. The number of carbonyl (C=O) groups excluding carboxylic acids is 1. The third-order valence-corrected chi connectivity index (χ3v) is 3.47. The third kappa shape index (κ3) is 2.54. The van der Waals surface area contributed by atoms with E-state index in [9.17, 15) is 9.59 Å². The van der Waals surface area contributed by atoms with Gasteiger partial charge in [-0.3, -0.25) is 4.79 Å². The number of halogens is 1. The Morgan fingerprint density at radius 3 is 2.78 bits per heavy atom. The molecule has 1 saturated heterocycles. The average Bonchev–Trinajstić information content (AvgIpc) is 2.38. The van der Waals surface area contributed by atoms with E-state index in [-0.39, 0.29) is 19.1 Å². The Kier molecular flexibility index (Phi) is 3.98. The van der Waals surface area contributed by atoms with Gasteiger partial charge in [0.25, 0.3) is 5.91 Å². The van der Waals surface area contributed by atoms with Crippen molar-refractivity contribution < 1.29 is 19.4 Å². The smallest absolute Gasteiger partial charge is 0.328 e. The molecule has 18 heavy (non-hydrogen) atoms. The predicted molar refractivity (Wildman–Crippen MR) is 67.4 cm³/mol. The number of morpholine rings is 1. The van der Waals surface area contributed by atoms with E-state index in [0.717, 1.165) is 0 Å². The molecule has 1 aromatic carbocycles. The van der Waals surface area contributed by atoms with Gasteiger partial charge in [0.2, 0.25) is 0 Å². The molecule has 1 aromatic rings. The van der Waals surface area contributed by atoms with Gasteiger partial charge in [-0.1, -0.05) is 12.1 Å². The molecule has 96 valence electrons. The molecule has 0 aromatic heterocycles. The van der Waals surface area contributed by atoms with E-state index in [1.807, 2.05) is 0 Å². The number of benzene rings is 1. The zero-order valence-corrected chi connectivity index (χ0v) is 11.1. The second-order valence-electron chi connectivity index (χ2n) is 3.91. The summed E-state index contributed by atoms with van der Waals surface area (Å²) < 4.78 is 5.76. The molecular formula is C12H12BrNO4. The largest absolute Gasteiger partial charge is 0.480 e. The summed E-state index contributed by atoms with van der Waals surface area (Å²) in [5.74, 6) is -1.34. The van der Waals surface area contributed by atoms with Crippen LogP contribution in [0.15, 0.2) is 28.7 Å². The summed E-state index contributed by atoms with van der Waals surface area (Å²) in [6.07, 6.45) is 0. The van der Waals surface area contributed by atoms with E-state index >= 15 is 0 Å². The van der Waals surface area contributed by atoms with Crippen molar-refractivity contribution in [2.45, 2.75) is 6.04 Å². The number of ether oxygens (including phenoxy) is 1. The third-order valence-electron chi connectivity index (χ3n) is 2.78. The lowest BCUT2D eigenvalue weighted by Crippen LogP contribution is -2.52. The first-order valence-corrected chi connectivity index (χ1v) is 6.26. The number of nitrogens with zero attached hydrogens (tertiary/aromatic N) is 1. The minimum Gasteiger partial charge on any atom is -0.480 e. The maximum atomic E-state index is 12.3. The lowest BCUT2D eigenvalue weighted by molar-refractivity contribution is -0.147. The standard InChI is InChI=1S/C12H12BrNO4/c13-9-4-2-1-3-8(9)11(15)14-5-6-18-7-10(14)12(16)17/h1-4,10H,5-7H2,(H,16,17)/t10-/m1/s1. The first kappa shape index (κ1) is 13.0. The molecule has 0 saturated carbocycles. The molecule has 0 spiro atoms. The first-order valence-electron chi connectivity index (χ1n) is 5.47. The molecule has 1 heterocycles. The van der Waals surface area contributed by atoms with Crippen molar-refractivity contribution in [3.05, 3.63) is 34.3 Å². The summed E-state index contributed by atoms with van der Waals surface area (Å²) in [6, 6.07) is 6.05. The second-order valence-corrected chi connectivity index (χ2v) is 4.76. The number of hydrogen-bond donors (Lipinski definition) is 1. The summed E-state index contributed by atoms with van der Waals surface area (Å²) in [4.78, 5) is 24.8. The van der Waals surface area contributed by atoms with Gasteiger partial charge in [0.15, 0.2) is 6.04 Å². The van der Waals surface area contributed by atoms with Gasteiger partial charge in [0, 0.05) is 11.0 Å². The Bertz CT molecular complexity index is 477. The molecule has 0 radical (unpaired) electrons. The maximum absolute atomic E-state index is 12.3. The number of hydrogen-bond acceptors (Lipinski definition) is 3. The molecule has 1 fully saturated rings. The molecule has 1 amide bonds. The highest BCUT2D eigenvalue weighted by atomic mass is 79.9. The van der Waals surface area contributed by atoms with Crippen LogP contribution >= 0.6 is 15.9 Å². The van der Waals surface area contributed by atoms with Crippen LogP contribution in [0.3, 0.4) is 0 Å². The van der Waals surface area contributed by atoms with Crippen LogP contribution in [0.5, 0.6) is 0 Å². The Balaban J connectivity index is 2.27. The number of aliphatic carboxylic acids is 1. The van der Waals surface area contributed by atoms with Crippen molar-refractivity contribution in [1.29, 1.82) is 0 Å². The van der Waals surface area contributed by atoms with E-state index in [1.165, 1.54) is 4.90 Å². The van der Waals surface area contributed by atoms with Gasteiger partial charge >= 0.3 is 5.97 Å². The quantitative estimate of drug-likeness (QED) is 0.895. The zero-order valence-electron chi connectivity index (χ0n) is 9.51. The molecule has 5 nitrogen and oxygen atoms in total. The van der Waals surface area contributed by atoms with Crippen LogP contribution in [-0.2, 0) is 9.53 Å². The first-order chi connectivity index (χ1) is 8.61. The maximum Gasteiger partial charge on any atom is 0.328 e. The minimum atomic E-state index is -1.05. The van der Waals surface area contributed by atoms with Crippen LogP contribution in [0.1, 0.15) is 10.4 Å². The molecular weight excluding hydrogens is 302 g/mol. The van der Waals surface area contributed by atoms with Gasteiger partial charge in [-0.05, 0) is 28.1 Å². The summed E-state index contributed by atoms with van der Waals surface area (Å²) in [5, 5.41) is 9.09. The summed E-state index contributed by atoms with van der Waals surface area (Å²) in [7, 11) is 0. The van der Waals surface area contributed by atoms with Crippen molar-refractivity contribution in [3.8, 4) is 0 Å². The van der Waals surface area contributed by atoms with Gasteiger partial charge in [-0.2, -0.15) is 0 Å². The SMILES string of the molecule is O=C(O)[C@H]1COCCN1C(=O)c1ccccc1Br. The zero-order chi connectivity index (χ0) is 13.1. The number of carboxylic acids is 1. The minimum absolute atomic E-state index is 0.0333. The second kappa shape index (κ2) is 5.49. The Morgan fingerprint density at radius 1 is 1.39 bits per heavy atom. The fourth-order valence-corrected chi connectivity index (χ4v) is 2.30. The number of amides is 1. The molecule has 1 N–H and O–H groups in total. The Hall–Kier alpha value is -1.40. The predicted octanol–water partition coefficient (Wildman–Crippen LogP) is 1.37. The van der Waals surface area contributed by atoms with Crippen molar-refractivity contribution in [1.82, 2.24) is 4.90 Å². The lowest BCUT2D eigenvalue weighted by atomic mass is 10.1. The van der Waals surface area contributed by atoms with Gasteiger partial charge in [0.05, 0.1) is 18.8 Å². The fourth-order valence-electron chi connectivity index (χ4n) is 1.84. The fraction of sp³-hybridized carbons (Fsp3) is 0.333. The topological polar surface area (TPSA) is 66.8 Å². The number of carboxylic acid groups (broad SMARTS) is 1. The Labute approximate surface area is 112 Å². The molecule has 0 aliphatic carbocycles. The molecule has 1 aliphatic rings. The highest BCUT2D eigenvalue weighted by Crippen LogP contribution is 2.20. The normalized spacial score (nSPS) is 19.6. The van der Waals surface area contributed by atoms with Crippen molar-refractivity contribution in [2.24, 2.45) is 0 Å². The van der Waals surface area contributed by atoms with Crippen LogP contribution in [-0.4, -0.2) is 47.7 Å². The molecule has 1 atom stereocenters. The number of rotatable bonds is 2. The van der Waals surface area contributed by atoms with Crippen LogP contribution in [0, 0.1) is 0 Å². The van der Waals surface area contributed by atoms with E-state index < -0.39 is 12.0 Å². The average molecular weight is 314 g/mol. The summed E-state index contributed by atoms with van der Waals surface area (Å²) in [5.41, 5.74) is 0.464. The van der Waals surface area contributed by atoms with Crippen molar-refractivity contribution >= 4 is 27.8 Å². The van der Waals surface area contributed by atoms with Gasteiger partial charge < -0.3 is 14.7 Å². The lowest BCUT2D eigenvalue weighted by Gasteiger charge is -2.33. The van der Waals surface area contributed by atoms with E-state index in [1.54, 1.807) is 24.3 Å². The van der Waals surface area contributed by atoms with Crippen molar-refractivity contribution in [2.75, 3.05) is 19.8 Å². The van der Waals surface area contributed by atoms with Crippen LogP contribution in [0.2, 0.25) is 0 Å². The summed E-state index contributed by atoms with van der Waals surface area (Å²) >= 11 is 3.29. The molecule has 0 unspecified atom stereocenters. The van der Waals surface area contributed by atoms with E-state index in [2.05, 4.69) is 15.9 Å². The molecule has 1 aliphatic heterocycles. The van der Waals surface area contributed by atoms with Crippen LogP contribution < -0.4 is 0 Å². The van der Waals surface area contributed by atoms with E-state index in [0.29, 0.717) is 16.6 Å². The molecule has 0 bridgehead atoms. The van der Waals surface area contributed by atoms with Gasteiger partial charge in [-0.25, -0.2) is 4.79 Å².